The summed E-state index contributed by atoms with van der Waals surface area (Å²) in [6, 6.07) is 5.99. The predicted octanol–water partition coefficient (Wildman–Crippen LogP) is 1.74. The Bertz CT molecular complexity index is 520. The molecule has 1 heterocycles. The minimum atomic E-state index is 0.138. The first-order chi connectivity index (χ1) is 12.1. The van der Waals surface area contributed by atoms with Gasteiger partial charge in [-0.3, -0.25) is 14.6 Å². The Kier molecular flexibility index (Phi) is 8.01. The van der Waals surface area contributed by atoms with Gasteiger partial charge in [0.2, 0.25) is 5.91 Å². The Morgan fingerprint density at radius 1 is 1.04 bits per heavy atom. The highest BCUT2D eigenvalue weighted by molar-refractivity contribution is 5.77. The maximum Gasteiger partial charge on any atom is 0.234 e. The molecule has 0 aromatic heterocycles. The number of methoxy groups -OCH3 is 2. The van der Waals surface area contributed by atoms with Crippen molar-refractivity contribution in [3.8, 4) is 11.5 Å². The molecule has 140 valence electrons. The normalized spacial score (nSPS) is 15.8. The number of nitrogens with one attached hydrogen (secondary N) is 1. The van der Waals surface area contributed by atoms with Crippen molar-refractivity contribution in [1.29, 1.82) is 0 Å². The highest BCUT2D eigenvalue weighted by Crippen LogP contribution is 2.23. The second-order valence-electron chi connectivity index (χ2n) is 6.48. The summed E-state index contributed by atoms with van der Waals surface area (Å²) < 4.78 is 10.7. The number of carbonyl (C=O) groups is 1. The number of ether oxygens (including phenoxy) is 2. The molecule has 6 nitrogen and oxygen atoms in total. The summed E-state index contributed by atoms with van der Waals surface area (Å²) in [5.74, 6) is 1.77. The zero-order valence-electron chi connectivity index (χ0n) is 15.7. The standard InChI is InChI=1S/C19H31N3O3/c1-4-5-6-20-19(23)15-22-9-7-21(8-10-22)14-16-11-17(24-2)13-18(12-16)25-3/h11-13H,4-10,14-15H2,1-3H3,(H,20,23). The maximum atomic E-state index is 11.9. The van der Waals surface area contributed by atoms with Crippen LogP contribution in [0.3, 0.4) is 0 Å². The van der Waals surface area contributed by atoms with E-state index in [-0.39, 0.29) is 5.91 Å². The van der Waals surface area contributed by atoms with Gasteiger partial charge in [0.25, 0.3) is 0 Å². The lowest BCUT2D eigenvalue weighted by atomic mass is 10.1. The summed E-state index contributed by atoms with van der Waals surface area (Å²) in [4.78, 5) is 16.5. The molecular weight excluding hydrogens is 318 g/mol. The smallest absolute Gasteiger partial charge is 0.234 e. The molecule has 1 aromatic carbocycles. The average molecular weight is 349 g/mol. The Morgan fingerprint density at radius 2 is 1.64 bits per heavy atom. The Hall–Kier alpha value is -1.79. The molecule has 0 saturated carbocycles. The molecule has 0 radical (unpaired) electrons. The molecule has 1 aliphatic rings. The average Bonchev–Trinajstić information content (AvgIpc) is 2.63. The molecule has 0 atom stereocenters. The summed E-state index contributed by atoms with van der Waals surface area (Å²) in [6.45, 7) is 8.04. The molecule has 0 bridgehead atoms. The molecule has 1 aromatic rings. The van der Waals surface area contributed by atoms with Gasteiger partial charge in [0.1, 0.15) is 11.5 Å². The SMILES string of the molecule is CCCCNC(=O)CN1CCN(Cc2cc(OC)cc(OC)c2)CC1. The first-order valence-corrected chi connectivity index (χ1v) is 9.08. The molecule has 1 N–H and O–H groups in total. The minimum absolute atomic E-state index is 0.138. The first kappa shape index (κ1) is 19.5. The second-order valence-corrected chi connectivity index (χ2v) is 6.48. The van der Waals surface area contributed by atoms with Gasteiger partial charge in [0.15, 0.2) is 0 Å². The zero-order chi connectivity index (χ0) is 18.1. The lowest BCUT2D eigenvalue weighted by Gasteiger charge is -2.34. The first-order valence-electron chi connectivity index (χ1n) is 9.08. The summed E-state index contributed by atoms with van der Waals surface area (Å²) in [5, 5.41) is 2.99. The van der Waals surface area contributed by atoms with Crippen LogP contribution in [0.5, 0.6) is 11.5 Å². The molecule has 0 spiro atoms. The van der Waals surface area contributed by atoms with Crippen LogP contribution in [0.4, 0.5) is 0 Å². The number of hydrogen-bond donors (Lipinski definition) is 1. The number of rotatable bonds is 9. The lowest BCUT2D eigenvalue weighted by Crippen LogP contribution is -2.49. The highest BCUT2D eigenvalue weighted by Gasteiger charge is 2.19. The number of unbranched alkanes of at least 4 members (excludes halogenated alkanes) is 1. The topological polar surface area (TPSA) is 54.0 Å². The van der Waals surface area contributed by atoms with Gasteiger partial charge in [-0.25, -0.2) is 0 Å². The van der Waals surface area contributed by atoms with Gasteiger partial charge in [-0.2, -0.15) is 0 Å². The Balaban J connectivity index is 1.77. The van der Waals surface area contributed by atoms with Crippen molar-refractivity contribution in [2.24, 2.45) is 0 Å². The monoisotopic (exact) mass is 349 g/mol. The van der Waals surface area contributed by atoms with E-state index < -0.39 is 0 Å². The van der Waals surface area contributed by atoms with E-state index in [1.165, 1.54) is 5.56 Å². The van der Waals surface area contributed by atoms with Crippen LogP contribution in [-0.2, 0) is 11.3 Å². The number of nitrogens with zero attached hydrogens (tertiary/aromatic N) is 2. The molecule has 0 aliphatic carbocycles. The molecule has 1 aliphatic heterocycles. The largest absolute Gasteiger partial charge is 0.497 e. The maximum absolute atomic E-state index is 11.9. The summed E-state index contributed by atoms with van der Waals surface area (Å²) in [7, 11) is 3.34. The summed E-state index contributed by atoms with van der Waals surface area (Å²) in [6.07, 6.45) is 2.15. The van der Waals surface area contributed by atoms with Crippen LogP contribution in [0.25, 0.3) is 0 Å². The Labute approximate surface area is 151 Å². The van der Waals surface area contributed by atoms with Crippen LogP contribution in [0.1, 0.15) is 25.3 Å². The summed E-state index contributed by atoms with van der Waals surface area (Å²) >= 11 is 0. The number of benzene rings is 1. The van der Waals surface area contributed by atoms with Crippen molar-refractivity contribution >= 4 is 5.91 Å². The van der Waals surface area contributed by atoms with Crippen molar-refractivity contribution in [3.63, 3.8) is 0 Å². The van der Waals surface area contributed by atoms with Crippen molar-refractivity contribution in [3.05, 3.63) is 23.8 Å². The van der Waals surface area contributed by atoms with Crippen LogP contribution in [0.15, 0.2) is 18.2 Å². The third kappa shape index (κ3) is 6.55. The van der Waals surface area contributed by atoms with Crippen LogP contribution in [0, 0.1) is 0 Å². The molecule has 1 amide bonds. The predicted molar refractivity (Wildman–Crippen MR) is 99.2 cm³/mol. The zero-order valence-corrected chi connectivity index (χ0v) is 15.7. The van der Waals surface area contributed by atoms with E-state index in [0.717, 1.165) is 63.6 Å². The molecular formula is C19H31N3O3. The number of amides is 1. The molecule has 1 saturated heterocycles. The third-order valence-electron chi connectivity index (χ3n) is 4.50. The van der Waals surface area contributed by atoms with Crippen LogP contribution in [-0.4, -0.2) is 69.2 Å². The van der Waals surface area contributed by atoms with Gasteiger partial charge in [0, 0.05) is 45.3 Å². The van der Waals surface area contributed by atoms with Gasteiger partial charge >= 0.3 is 0 Å². The van der Waals surface area contributed by atoms with E-state index in [1.54, 1.807) is 14.2 Å². The highest BCUT2D eigenvalue weighted by atomic mass is 16.5. The molecule has 6 heteroatoms. The number of piperazine rings is 1. The van der Waals surface area contributed by atoms with E-state index in [4.69, 9.17) is 9.47 Å². The number of hydrogen-bond acceptors (Lipinski definition) is 5. The van der Waals surface area contributed by atoms with E-state index in [1.807, 2.05) is 6.07 Å². The fraction of sp³-hybridized carbons (Fsp3) is 0.632. The van der Waals surface area contributed by atoms with Crippen molar-refractivity contribution in [2.75, 3.05) is 53.5 Å². The quantitative estimate of drug-likeness (QED) is 0.688. The van der Waals surface area contributed by atoms with E-state index in [2.05, 4.69) is 34.2 Å². The Morgan fingerprint density at radius 3 is 2.20 bits per heavy atom. The summed E-state index contributed by atoms with van der Waals surface area (Å²) in [5.41, 5.74) is 1.18. The molecule has 1 fully saturated rings. The number of carbonyl (C=O) groups excluding carboxylic acids is 1. The van der Waals surface area contributed by atoms with Gasteiger partial charge in [0.05, 0.1) is 20.8 Å². The minimum Gasteiger partial charge on any atom is -0.497 e. The van der Waals surface area contributed by atoms with E-state index >= 15 is 0 Å². The van der Waals surface area contributed by atoms with Gasteiger partial charge in [-0.15, -0.1) is 0 Å². The van der Waals surface area contributed by atoms with Crippen molar-refractivity contribution in [1.82, 2.24) is 15.1 Å². The fourth-order valence-electron chi connectivity index (χ4n) is 2.98. The molecule has 25 heavy (non-hydrogen) atoms. The van der Waals surface area contributed by atoms with Gasteiger partial charge in [-0.1, -0.05) is 13.3 Å². The molecule has 0 unspecified atom stereocenters. The second kappa shape index (κ2) is 10.3. The van der Waals surface area contributed by atoms with Crippen LogP contribution in [0.2, 0.25) is 0 Å². The van der Waals surface area contributed by atoms with Crippen LogP contribution >= 0.6 is 0 Å². The molecule has 2 rings (SSSR count). The van der Waals surface area contributed by atoms with E-state index in [0.29, 0.717) is 6.54 Å². The van der Waals surface area contributed by atoms with Crippen LogP contribution < -0.4 is 14.8 Å². The van der Waals surface area contributed by atoms with Gasteiger partial charge < -0.3 is 14.8 Å². The fourth-order valence-corrected chi connectivity index (χ4v) is 2.98. The lowest BCUT2D eigenvalue weighted by molar-refractivity contribution is -0.122. The van der Waals surface area contributed by atoms with Crippen molar-refractivity contribution < 1.29 is 14.3 Å². The van der Waals surface area contributed by atoms with Crippen molar-refractivity contribution in [2.45, 2.75) is 26.3 Å². The van der Waals surface area contributed by atoms with E-state index in [9.17, 15) is 4.79 Å². The third-order valence-corrected chi connectivity index (χ3v) is 4.50. The van der Waals surface area contributed by atoms with Gasteiger partial charge in [-0.05, 0) is 24.1 Å².